The van der Waals surface area contributed by atoms with Crippen molar-refractivity contribution in [1.82, 2.24) is 0 Å². The normalized spacial score (nSPS) is 11.4. The van der Waals surface area contributed by atoms with Gasteiger partial charge in [-0.25, -0.2) is 0 Å². The highest BCUT2D eigenvalue weighted by Crippen LogP contribution is 2.03. The molecular weight excluding hydrogens is 224 g/mol. The minimum Gasteiger partial charge on any atom is -0.466 e. The molecule has 104 valence electrons. The van der Waals surface area contributed by atoms with Gasteiger partial charge in [-0.1, -0.05) is 44.1 Å². The van der Waals surface area contributed by atoms with Crippen LogP contribution in [0.5, 0.6) is 0 Å². The van der Waals surface area contributed by atoms with Crippen LogP contribution in [0.1, 0.15) is 65.2 Å². The van der Waals surface area contributed by atoms with E-state index in [2.05, 4.69) is 31.2 Å². The molecule has 0 fully saturated rings. The summed E-state index contributed by atoms with van der Waals surface area (Å²) in [6, 6.07) is 0. The quantitative estimate of drug-likeness (QED) is 0.300. The molecule has 0 spiro atoms. The number of hydrogen-bond acceptors (Lipinski definition) is 2. The minimum atomic E-state index is -0.198. The fraction of sp³-hybridized carbons (Fsp3) is 0.688. The van der Waals surface area contributed by atoms with Gasteiger partial charge in [0.2, 0.25) is 0 Å². The lowest BCUT2D eigenvalue weighted by Gasteiger charge is -1.96. The first-order valence-electron chi connectivity index (χ1n) is 7.20. The van der Waals surface area contributed by atoms with Crippen LogP contribution in [0, 0.1) is 0 Å². The van der Waals surface area contributed by atoms with E-state index in [4.69, 9.17) is 4.74 Å². The summed E-state index contributed by atoms with van der Waals surface area (Å²) >= 11 is 0. The highest BCUT2D eigenvalue weighted by Gasteiger charge is 1.88. The smallest absolute Gasteiger partial charge is 0.302 e. The Hall–Kier alpha value is -1.05. The van der Waals surface area contributed by atoms with E-state index in [1.807, 2.05) is 0 Å². The van der Waals surface area contributed by atoms with E-state index in [0.717, 1.165) is 12.8 Å². The molecule has 0 rings (SSSR count). The van der Waals surface area contributed by atoms with Gasteiger partial charge in [0.25, 0.3) is 0 Å². The summed E-state index contributed by atoms with van der Waals surface area (Å²) < 4.78 is 4.83. The van der Waals surface area contributed by atoms with Gasteiger partial charge in [-0.3, -0.25) is 4.79 Å². The van der Waals surface area contributed by atoms with Crippen LogP contribution in [0.25, 0.3) is 0 Å². The SMILES string of the molecule is CCCCC/C=C/CCC/C=C\CCOC(C)=O. The summed E-state index contributed by atoms with van der Waals surface area (Å²) in [7, 11) is 0. The highest BCUT2D eigenvalue weighted by atomic mass is 16.5. The number of ether oxygens (including phenoxy) is 1. The summed E-state index contributed by atoms with van der Waals surface area (Å²) in [5.41, 5.74) is 0. The average molecular weight is 252 g/mol. The van der Waals surface area contributed by atoms with E-state index in [-0.39, 0.29) is 5.97 Å². The molecule has 0 aliphatic carbocycles. The van der Waals surface area contributed by atoms with Gasteiger partial charge in [-0.05, 0) is 38.5 Å². The van der Waals surface area contributed by atoms with Crippen LogP contribution in [0.4, 0.5) is 0 Å². The molecule has 0 saturated heterocycles. The Bertz CT molecular complexity index is 241. The molecule has 2 nitrogen and oxygen atoms in total. The Balaban J connectivity index is 3.19. The van der Waals surface area contributed by atoms with Gasteiger partial charge in [0.15, 0.2) is 0 Å². The third kappa shape index (κ3) is 14.9. The second-order valence-electron chi connectivity index (χ2n) is 4.50. The lowest BCUT2D eigenvalue weighted by Crippen LogP contribution is -1.98. The summed E-state index contributed by atoms with van der Waals surface area (Å²) in [6.45, 7) is 4.18. The Labute approximate surface area is 112 Å². The number of allylic oxidation sites excluding steroid dienone is 3. The Kier molecular flexibility index (Phi) is 13.2. The van der Waals surface area contributed by atoms with Crippen LogP contribution in [0.2, 0.25) is 0 Å². The number of carbonyl (C=O) groups excluding carboxylic acids is 1. The fourth-order valence-corrected chi connectivity index (χ4v) is 1.61. The molecule has 0 bridgehead atoms. The van der Waals surface area contributed by atoms with E-state index in [1.54, 1.807) is 0 Å². The molecule has 0 radical (unpaired) electrons. The molecule has 0 atom stereocenters. The minimum absolute atomic E-state index is 0.198. The van der Waals surface area contributed by atoms with Crippen molar-refractivity contribution in [3.8, 4) is 0 Å². The van der Waals surface area contributed by atoms with Crippen LogP contribution in [-0.4, -0.2) is 12.6 Å². The van der Waals surface area contributed by atoms with E-state index >= 15 is 0 Å². The molecular formula is C16H28O2. The van der Waals surface area contributed by atoms with Crippen molar-refractivity contribution in [2.45, 2.75) is 65.2 Å². The molecule has 0 aromatic heterocycles. The number of hydrogen-bond donors (Lipinski definition) is 0. The maximum absolute atomic E-state index is 10.5. The van der Waals surface area contributed by atoms with Crippen molar-refractivity contribution >= 4 is 5.97 Å². The van der Waals surface area contributed by atoms with Gasteiger partial charge in [0.05, 0.1) is 6.61 Å². The van der Waals surface area contributed by atoms with Gasteiger partial charge < -0.3 is 4.74 Å². The third-order valence-electron chi connectivity index (χ3n) is 2.64. The maximum atomic E-state index is 10.5. The lowest BCUT2D eigenvalue weighted by molar-refractivity contribution is -0.140. The number of carbonyl (C=O) groups is 1. The molecule has 2 heteroatoms. The topological polar surface area (TPSA) is 26.3 Å². The molecule has 0 aliphatic heterocycles. The molecule has 0 aromatic carbocycles. The van der Waals surface area contributed by atoms with E-state index in [9.17, 15) is 4.79 Å². The van der Waals surface area contributed by atoms with Crippen molar-refractivity contribution in [3.05, 3.63) is 24.3 Å². The second kappa shape index (κ2) is 14.0. The Morgan fingerprint density at radius 2 is 1.44 bits per heavy atom. The Morgan fingerprint density at radius 3 is 2.00 bits per heavy atom. The zero-order chi connectivity index (χ0) is 13.5. The molecule has 18 heavy (non-hydrogen) atoms. The van der Waals surface area contributed by atoms with Crippen molar-refractivity contribution in [2.24, 2.45) is 0 Å². The Morgan fingerprint density at radius 1 is 0.889 bits per heavy atom. The summed E-state index contributed by atoms with van der Waals surface area (Å²) in [4.78, 5) is 10.5. The van der Waals surface area contributed by atoms with Gasteiger partial charge in [-0.2, -0.15) is 0 Å². The van der Waals surface area contributed by atoms with Crippen molar-refractivity contribution in [1.29, 1.82) is 0 Å². The standard InChI is InChI=1S/C16H28O2/c1-3-4-5-6-7-8-9-10-11-12-13-14-15-18-16(2)17/h7-8,12-13H,3-6,9-11,14-15H2,1-2H3/b8-7+,13-12-. The first kappa shape index (κ1) is 16.9. The van der Waals surface area contributed by atoms with E-state index in [0.29, 0.717) is 6.61 Å². The zero-order valence-electron chi connectivity index (χ0n) is 12.0. The monoisotopic (exact) mass is 252 g/mol. The molecule has 0 aromatic rings. The summed E-state index contributed by atoms with van der Waals surface area (Å²) in [5, 5.41) is 0. The highest BCUT2D eigenvalue weighted by molar-refractivity contribution is 5.65. The van der Waals surface area contributed by atoms with Crippen molar-refractivity contribution in [3.63, 3.8) is 0 Å². The van der Waals surface area contributed by atoms with Crippen LogP contribution in [0.15, 0.2) is 24.3 Å². The lowest BCUT2D eigenvalue weighted by atomic mass is 10.1. The molecule has 0 aliphatic rings. The van der Waals surface area contributed by atoms with Crippen LogP contribution >= 0.6 is 0 Å². The molecule has 0 heterocycles. The van der Waals surface area contributed by atoms with Gasteiger partial charge >= 0.3 is 5.97 Å². The largest absolute Gasteiger partial charge is 0.466 e. The number of unbranched alkanes of at least 4 members (excludes halogenated alkanes) is 5. The van der Waals surface area contributed by atoms with E-state index < -0.39 is 0 Å². The van der Waals surface area contributed by atoms with Gasteiger partial charge in [-0.15, -0.1) is 0 Å². The first-order valence-corrected chi connectivity index (χ1v) is 7.20. The van der Waals surface area contributed by atoms with Gasteiger partial charge in [0, 0.05) is 6.92 Å². The molecule has 0 N–H and O–H groups in total. The zero-order valence-corrected chi connectivity index (χ0v) is 12.0. The summed E-state index contributed by atoms with van der Waals surface area (Å²) in [5.74, 6) is -0.198. The fourth-order valence-electron chi connectivity index (χ4n) is 1.61. The summed E-state index contributed by atoms with van der Waals surface area (Å²) in [6.07, 6.45) is 18.4. The molecule has 0 saturated carbocycles. The number of esters is 1. The van der Waals surface area contributed by atoms with Crippen LogP contribution in [0.3, 0.4) is 0 Å². The third-order valence-corrected chi connectivity index (χ3v) is 2.64. The average Bonchev–Trinajstić information content (AvgIpc) is 2.34. The van der Waals surface area contributed by atoms with Crippen LogP contribution < -0.4 is 0 Å². The van der Waals surface area contributed by atoms with E-state index in [1.165, 1.54) is 45.4 Å². The number of rotatable bonds is 11. The predicted molar refractivity (Wildman–Crippen MR) is 77.5 cm³/mol. The van der Waals surface area contributed by atoms with Gasteiger partial charge in [0.1, 0.15) is 0 Å². The maximum Gasteiger partial charge on any atom is 0.302 e. The molecule has 0 amide bonds. The van der Waals surface area contributed by atoms with Crippen molar-refractivity contribution in [2.75, 3.05) is 6.61 Å². The van der Waals surface area contributed by atoms with Crippen molar-refractivity contribution < 1.29 is 9.53 Å². The first-order chi connectivity index (χ1) is 8.77. The second-order valence-corrected chi connectivity index (χ2v) is 4.50. The van der Waals surface area contributed by atoms with Crippen LogP contribution in [-0.2, 0) is 9.53 Å². The predicted octanol–water partition coefficient (Wildman–Crippen LogP) is 4.80. The molecule has 0 unspecified atom stereocenters.